The van der Waals surface area contributed by atoms with E-state index in [-0.39, 0.29) is 5.91 Å². The van der Waals surface area contributed by atoms with Crippen molar-refractivity contribution >= 4 is 34.3 Å². The molecule has 138 valence electrons. The van der Waals surface area contributed by atoms with Crippen LogP contribution in [0, 0.1) is 0 Å². The number of aliphatic imine (C=N–C) groups is 1. The van der Waals surface area contributed by atoms with Gasteiger partial charge in [-0.05, 0) is 23.1 Å². The highest BCUT2D eigenvalue weighted by atomic mass is 16.2. The zero-order valence-electron chi connectivity index (χ0n) is 15.7. The van der Waals surface area contributed by atoms with Crippen LogP contribution in [-0.2, 0) is 4.79 Å². The first-order valence-electron chi connectivity index (χ1n) is 9.54. The molecule has 4 aromatic carbocycles. The van der Waals surface area contributed by atoms with Gasteiger partial charge in [-0.2, -0.15) is 0 Å². The summed E-state index contributed by atoms with van der Waals surface area (Å²) in [4.78, 5) is 20.0. The standard InChI is InChI=1S/C26H18N2O/c29-26-23(18-19-10-3-1-4-11-19)27-25(21-13-5-2-6-14-21)28(26)24-17-9-15-20-12-7-8-16-22(20)24/h1-18H. The highest BCUT2D eigenvalue weighted by Gasteiger charge is 2.33. The molecule has 1 aliphatic heterocycles. The van der Waals surface area contributed by atoms with Crippen molar-refractivity contribution in [2.75, 3.05) is 4.90 Å². The fourth-order valence-electron chi connectivity index (χ4n) is 3.63. The number of carbonyl (C=O) groups is 1. The molecule has 1 aliphatic rings. The van der Waals surface area contributed by atoms with E-state index in [0.717, 1.165) is 27.6 Å². The molecule has 0 N–H and O–H groups in total. The van der Waals surface area contributed by atoms with Crippen LogP contribution in [0.5, 0.6) is 0 Å². The van der Waals surface area contributed by atoms with Gasteiger partial charge in [0, 0.05) is 10.9 Å². The van der Waals surface area contributed by atoms with Crippen LogP contribution in [0.4, 0.5) is 5.69 Å². The SMILES string of the molecule is O=C1C(=Cc2ccccc2)N=C(c2ccccc2)N1c1cccc2ccccc12. The molecule has 0 unspecified atom stereocenters. The van der Waals surface area contributed by atoms with E-state index in [1.54, 1.807) is 4.90 Å². The molecule has 0 bridgehead atoms. The van der Waals surface area contributed by atoms with Gasteiger partial charge in [0.05, 0.1) is 5.69 Å². The van der Waals surface area contributed by atoms with Gasteiger partial charge >= 0.3 is 0 Å². The number of nitrogens with zero attached hydrogens (tertiary/aromatic N) is 2. The van der Waals surface area contributed by atoms with Crippen molar-refractivity contribution in [3.63, 3.8) is 0 Å². The molecule has 0 fully saturated rings. The Kier molecular flexibility index (Phi) is 4.26. The third kappa shape index (κ3) is 3.13. The molecular formula is C26H18N2O. The second kappa shape index (κ2) is 7.21. The minimum atomic E-state index is -0.121. The van der Waals surface area contributed by atoms with E-state index in [9.17, 15) is 4.79 Å². The third-order valence-corrected chi connectivity index (χ3v) is 5.00. The number of carbonyl (C=O) groups excluding carboxylic acids is 1. The Balaban J connectivity index is 1.70. The van der Waals surface area contributed by atoms with Crippen LogP contribution in [-0.4, -0.2) is 11.7 Å². The van der Waals surface area contributed by atoms with Crippen molar-refractivity contribution in [1.82, 2.24) is 0 Å². The van der Waals surface area contributed by atoms with E-state index in [1.807, 2.05) is 97.1 Å². The predicted molar refractivity (Wildman–Crippen MR) is 119 cm³/mol. The maximum atomic E-state index is 13.5. The minimum absolute atomic E-state index is 0.121. The van der Waals surface area contributed by atoms with Crippen molar-refractivity contribution in [2.24, 2.45) is 4.99 Å². The Labute approximate surface area is 169 Å². The zero-order valence-corrected chi connectivity index (χ0v) is 15.7. The van der Waals surface area contributed by atoms with E-state index in [2.05, 4.69) is 12.1 Å². The normalized spacial score (nSPS) is 15.2. The Morgan fingerprint density at radius 1 is 0.690 bits per heavy atom. The first-order chi connectivity index (χ1) is 14.3. The lowest BCUT2D eigenvalue weighted by Gasteiger charge is -2.20. The first kappa shape index (κ1) is 17.1. The summed E-state index contributed by atoms with van der Waals surface area (Å²) in [7, 11) is 0. The molecule has 0 aromatic heterocycles. The highest BCUT2D eigenvalue weighted by molar-refractivity contribution is 6.34. The molecule has 29 heavy (non-hydrogen) atoms. The summed E-state index contributed by atoms with van der Waals surface area (Å²) in [5.74, 6) is 0.526. The van der Waals surface area contributed by atoms with Gasteiger partial charge < -0.3 is 0 Å². The molecule has 1 amide bonds. The number of amides is 1. The fraction of sp³-hybridized carbons (Fsp3) is 0. The second-order valence-corrected chi connectivity index (χ2v) is 6.88. The summed E-state index contributed by atoms with van der Waals surface area (Å²) in [6.45, 7) is 0. The average Bonchev–Trinajstić information content (AvgIpc) is 3.10. The maximum Gasteiger partial charge on any atom is 0.282 e. The summed E-state index contributed by atoms with van der Waals surface area (Å²) < 4.78 is 0. The molecule has 0 saturated heterocycles. The van der Waals surface area contributed by atoms with Gasteiger partial charge in [-0.1, -0.05) is 97.1 Å². The highest BCUT2D eigenvalue weighted by Crippen LogP contribution is 2.33. The van der Waals surface area contributed by atoms with Crippen molar-refractivity contribution in [2.45, 2.75) is 0 Å². The molecule has 3 heteroatoms. The lowest BCUT2D eigenvalue weighted by molar-refractivity contribution is -0.113. The van der Waals surface area contributed by atoms with Crippen LogP contribution < -0.4 is 4.90 Å². The Hall–Kier alpha value is -3.98. The van der Waals surface area contributed by atoms with Crippen LogP contribution in [0.15, 0.2) is 114 Å². The van der Waals surface area contributed by atoms with Crippen LogP contribution in [0.1, 0.15) is 11.1 Å². The predicted octanol–water partition coefficient (Wildman–Crippen LogP) is 5.67. The van der Waals surface area contributed by atoms with Gasteiger partial charge in [0.2, 0.25) is 0 Å². The van der Waals surface area contributed by atoms with Crippen molar-refractivity contribution in [3.8, 4) is 0 Å². The molecule has 0 spiro atoms. The van der Waals surface area contributed by atoms with Gasteiger partial charge in [0.25, 0.3) is 5.91 Å². The number of fused-ring (bicyclic) bond motifs is 1. The van der Waals surface area contributed by atoms with E-state index < -0.39 is 0 Å². The minimum Gasteiger partial charge on any atom is -0.266 e. The quantitative estimate of drug-likeness (QED) is 0.425. The topological polar surface area (TPSA) is 32.7 Å². The maximum absolute atomic E-state index is 13.5. The summed E-state index contributed by atoms with van der Waals surface area (Å²) in [5, 5.41) is 2.11. The van der Waals surface area contributed by atoms with Crippen LogP contribution >= 0.6 is 0 Å². The molecular weight excluding hydrogens is 356 g/mol. The second-order valence-electron chi connectivity index (χ2n) is 6.88. The average molecular weight is 374 g/mol. The van der Waals surface area contributed by atoms with Gasteiger partial charge in [0.1, 0.15) is 11.5 Å². The van der Waals surface area contributed by atoms with Crippen LogP contribution in [0.25, 0.3) is 16.8 Å². The molecule has 0 aliphatic carbocycles. The molecule has 0 radical (unpaired) electrons. The summed E-state index contributed by atoms with van der Waals surface area (Å²) in [6.07, 6.45) is 1.84. The number of anilines is 1. The fourth-order valence-corrected chi connectivity index (χ4v) is 3.63. The number of amidine groups is 1. The summed E-state index contributed by atoms with van der Waals surface area (Å²) in [5.41, 5.74) is 3.13. The third-order valence-electron chi connectivity index (χ3n) is 5.00. The Morgan fingerprint density at radius 3 is 2.14 bits per heavy atom. The van der Waals surface area contributed by atoms with Gasteiger partial charge in [0.15, 0.2) is 0 Å². The largest absolute Gasteiger partial charge is 0.282 e. The number of rotatable bonds is 3. The zero-order chi connectivity index (χ0) is 19.6. The van der Waals surface area contributed by atoms with Crippen LogP contribution in [0.3, 0.4) is 0 Å². The summed E-state index contributed by atoms with van der Waals surface area (Å²) in [6, 6.07) is 33.8. The lowest BCUT2D eigenvalue weighted by Crippen LogP contribution is -2.32. The van der Waals surface area contributed by atoms with E-state index >= 15 is 0 Å². The molecule has 1 heterocycles. The molecule has 5 rings (SSSR count). The van der Waals surface area contributed by atoms with Crippen molar-refractivity contribution in [1.29, 1.82) is 0 Å². The Morgan fingerprint density at radius 2 is 1.34 bits per heavy atom. The smallest absolute Gasteiger partial charge is 0.266 e. The van der Waals surface area contributed by atoms with Gasteiger partial charge in [-0.15, -0.1) is 0 Å². The lowest BCUT2D eigenvalue weighted by atomic mass is 10.1. The van der Waals surface area contributed by atoms with E-state index in [1.165, 1.54) is 0 Å². The molecule has 4 aromatic rings. The first-order valence-corrected chi connectivity index (χ1v) is 9.54. The number of hydrogen-bond acceptors (Lipinski definition) is 2. The Bertz CT molecular complexity index is 1250. The van der Waals surface area contributed by atoms with Gasteiger partial charge in [-0.25, -0.2) is 4.99 Å². The van der Waals surface area contributed by atoms with Crippen molar-refractivity contribution in [3.05, 3.63) is 120 Å². The van der Waals surface area contributed by atoms with Crippen molar-refractivity contribution < 1.29 is 4.79 Å². The molecule has 3 nitrogen and oxygen atoms in total. The monoisotopic (exact) mass is 374 g/mol. The number of benzene rings is 4. The van der Waals surface area contributed by atoms with E-state index in [4.69, 9.17) is 4.99 Å². The molecule has 0 saturated carbocycles. The van der Waals surface area contributed by atoms with Gasteiger partial charge in [-0.3, -0.25) is 9.69 Å². The van der Waals surface area contributed by atoms with Crippen LogP contribution in [0.2, 0.25) is 0 Å². The molecule has 0 atom stereocenters. The summed E-state index contributed by atoms with van der Waals surface area (Å²) >= 11 is 0. The number of hydrogen-bond donors (Lipinski definition) is 0. The van der Waals surface area contributed by atoms with E-state index in [0.29, 0.717) is 11.5 Å².